The van der Waals surface area contributed by atoms with Crippen molar-refractivity contribution in [3.63, 3.8) is 0 Å². The predicted octanol–water partition coefficient (Wildman–Crippen LogP) is 3.51. The number of nitrogens with two attached hydrogens (primary N) is 1. The van der Waals surface area contributed by atoms with Crippen LogP contribution in [0.3, 0.4) is 0 Å². The molecular formula is C32H42N4O4. The number of hydrogen-bond donors (Lipinski definition) is 1. The van der Waals surface area contributed by atoms with Crippen molar-refractivity contribution >= 4 is 23.4 Å². The molecule has 0 bridgehead atoms. The Balaban J connectivity index is 1.31. The van der Waals surface area contributed by atoms with Crippen molar-refractivity contribution in [2.24, 2.45) is 11.7 Å². The standard InChI is InChI=1S/C32H42N4O4/c1-32(2)26-7-5-6-8-27(26)36(31(32)39)23-15-17-35(18-16-23)30(38)28(19-21-9-13-25(40-4)14-10-21)34(3)24-12-11-22(20-24)29(33)37/h5-10,13-14,22-24,28H,11-12,15-20H2,1-4H3,(H2,33,37)/t22-,24+,28-/m0/s1. The molecule has 2 aliphatic heterocycles. The largest absolute Gasteiger partial charge is 0.497 e. The van der Waals surface area contributed by atoms with Crippen molar-refractivity contribution < 1.29 is 19.1 Å². The molecule has 2 aromatic carbocycles. The summed E-state index contributed by atoms with van der Waals surface area (Å²) in [5.74, 6) is 0.638. The molecule has 2 heterocycles. The number of para-hydroxylation sites is 1. The molecule has 3 amide bonds. The summed E-state index contributed by atoms with van der Waals surface area (Å²) < 4.78 is 5.32. The van der Waals surface area contributed by atoms with Crippen molar-refractivity contribution in [1.82, 2.24) is 9.80 Å². The van der Waals surface area contributed by atoms with Crippen LogP contribution in [0.5, 0.6) is 5.75 Å². The number of carbonyl (C=O) groups excluding carboxylic acids is 3. The highest BCUT2D eigenvalue weighted by molar-refractivity contribution is 6.08. The summed E-state index contributed by atoms with van der Waals surface area (Å²) in [5, 5.41) is 0. The summed E-state index contributed by atoms with van der Waals surface area (Å²) in [4.78, 5) is 45.6. The van der Waals surface area contributed by atoms with Crippen molar-refractivity contribution in [3.05, 3.63) is 59.7 Å². The zero-order chi connectivity index (χ0) is 28.6. The Hall–Kier alpha value is -3.39. The Labute approximate surface area is 237 Å². The second-order valence-electron chi connectivity index (χ2n) is 12.2. The molecule has 8 nitrogen and oxygen atoms in total. The van der Waals surface area contributed by atoms with E-state index in [1.54, 1.807) is 7.11 Å². The molecule has 40 heavy (non-hydrogen) atoms. The lowest BCUT2D eigenvalue weighted by atomic mass is 9.86. The number of carbonyl (C=O) groups is 3. The normalized spacial score (nSPS) is 23.4. The minimum Gasteiger partial charge on any atom is -0.497 e. The van der Waals surface area contributed by atoms with Gasteiger partial charge >= 0.3 is 0 Å². The lowest BCUT2D eigenvalue weighted by Crippen LogP contribution is -2.55. The fraction of sp³-hybridized carbons (Fsp3) is 0.531. The molecule has 214 valence electrons. The topological polar surface area (TPSA) is 96.2 Å². The smallest absolute Gasteiger partial charge is 0.240 e. The molecule has 2 fully saturated rings. The number of rotatable bonds is 8. The highest BCUT2D eigenvalue weighted by Gasteiger charge is 2.47. The third-order valence-corrected chi connectivity index (χ3v) is 9.48. The van der Waals surface area contributed by atoms with Crippen LogP contribution in [0.25, 0.3) is 0 Å². The van der Waals surface area contributed by atoms with Gasteiger partial charge in [-0.05, 0) is 88.7 Å². The summed E-state index contributed by atoms with van der Waals surface area (Å²) >= 11 is 0. The minimum absolute atomic E-state index is 0.0726. The quantitative estimate of drug-likeness (QED) is 0.547. The SMILES string of the molecule is COc1ccc(C[C@@H](C(=O)N2CCC(N3C(=O)C(C)(C)c4ccccc43)CC2)N(C)[C@@H]2CC[C@H](C(N)=O)C2)cc1. The fourth-order valence-electron chi connectivity index (χ4n) is 6.89. The molecule has 2 N–H and O–H groups in total. The summed E-state index contributed by atoms with van der Waals surface area (Å²) in [5.41, 5.74) is 8.21. The number of methoxy groups -OCH3 is 1. The van der Waals surface area contributed by atoms with E-state index in [4.69, 9.17) is 10.5 Å². The Morgan fingerprint density at radius 2 is 1.73 bits per heavy atom. The molecule has 1 saturated heterocycles. The Morgan fingerprint density at radius 1 is 1.05 bits per heavy atom. The number of ether oxygens (including phenoxy) is 1. The van der Waals surface area contributed by atoms with Gasteiger partial charge in [-0.25, -0.2) is 0 Å². The van der Waals surface area contributed by atoms with Crippen LogP contribution in [0.1, 0.15) is 57.1 Å². The number of likely N-dealkylation sites (N-methyl/N-ethyl adjacent to an activating group) is 1. The Kier molecular flexibility index (Phi) is 7.91. The van der Waals surface area contributed by atoms with Gasteiger partial charge in [-0.15, -0.1) is 0 Å². The minimum atomic E-state index is -0.542. The third-order valence-electron chi connectivity index (χ3n) is 9.48. The van der Waals surface area contributed by atoms with Crippen LogP contribution in [0.4, 0.5) is 5.69 Å². The van der Waals surface area contributed by atoms with Crippen LogP contribution < -0.4 is 15.4 Å². The van der Waals surface area contributed by atoms with E-state index in [0.29, 0.717) is 25.9 Å². The first-order chi connectivity index (χ1) is 19.1. The average Bonchev–Trinajstić information content (AvgIpc) is 3.54. The van der Waals surface area contributed by atoms with Crippen molar-refractivity contribution in [2.45, 2.75) is 75.9 Å². The molecule has 2 aromatic rings. The van der Waals surface area contributed by atoms with Gasteiger partial charge in [0.05, 0.1) is 18.6 Å². The van der Waals surface area contributed by atoms with Crippen molar-refractivity contribution in [3.8, 4) is 5.75 Å². The molecule has 0 aromatic heterocycles. The number of piperidine rings is 1. The van der Waals surface area contributed by atoms with Gasteiger partial charge in [0, 0.05) is 36.8 Å². The lowest BCUT2D eigenvalue weighted by Gasteiger charge is -2.41. The molecule has 1 saturated carbocycles. The van der Waals surface area contributed by atoms with Crippen LogP contribution >= 0.6 is 0 Å². The first kappa shape index (κ1) is 28.1. The predicted molar refractivity (Wildman–Crippen MR) is 155 cm³/mol. The van der Waals surface area contributed by atoms with E-state index in [0.717, 1.165) is 48.2 Å². The molecule has 1 aliphatic carbocycles. The maximum absolute atomic E-state index is 14.1. The Bertz CT molecular complexity index is 1250. The second-order valence-corrected chi connectivity index (χ2v) is 12.2. The molecule has 8 heteroatoms. The highest BCUT2D eigenvalue weighted by Crippen LogP contribution is 2.43. The van der Waals surface area contributed by atoms with Gasteiger partial charge < -0.3 is 20.3 Å². The number of anilines is 1. The monoisotopic (exact) mass is 546 g/mol. The van der Waals surface area contributed by atoms with E-state index in [9.17, 15) is 14.4 Å². The fourth-order valence-corrected chi connectivity index (χ4v) is 6.89. The van der Waals surface area contributed by atoms with E-state index in [1.165, 1.54) is 0 Å². The zero-order valence-corrected chi connectivity index (χ0v) is 24.1. The van der Waals surface area contributed by atoms with Crippen LogP contribution in [0, 0.1) is 5.92 Å². The van der Waals surface area contributed by atoms with Crippen LogP contribution in [-0.2, 0) is 26.2 Å². The molecular weight excluding hydrogens is 504 g/mol. The number of hydrogen-bond acceptors (Lipinski definition) is 5. The van der Waals surface area contributed by atoms with Crippen LogP contribution in [-0.4, -0.2) is 72.9 Å². The van der Waals surface area contributed by atoms with E-state index >= 15 is 0 Å². The van der Waals surface area contributed by atoms with E-state index < -0.39 is 5.41 Å². The summed E-state index contributed by atoms with van der Waals surface area (Å²) in [6.07, 6.45) is 4.36. The van der Waals surface area contributed by atoms with E-state index in [2.05, 4.69) is 11.0 Å². The third kappa shape index (κ3) is 5.21. The zero-order valence-electron chi connectivity index (χ0n) is 24.1. The maximum Gasteiger partial charge on any atom is 0.240 e. The molecule has 0 radical (unpaired) electrons. The van der Waals surface area contributed by atoms with E-state index in [-0.39, 0.29) is 41.8 Å². The van der Waals surface area contributed by atoms with Gasteiger partial charge in [-0.3, -0.25) is 19.3 Å². The number of amides is 3. The molecule has 3 atom stereocenters. The molecule has 0 spiro atoms. The number of fused-ring (bicyclic) bond motifs is 1. The number of benzene rings is 2. The molecule has 3 aliphatic rings. The van der Waals surface area contributed by atoms with Crippen LogP contribution in [0.15, 0.2) is 48.5 Å². The summed E-state index contributed by atoms with van der Waals surface area (Å²) in [6, 6.07) is 15.8. The van der Waals surface area contributed by atoms with Crippen molar-refractivity contribution in [2.75, 3.05) is 32.1 Å². The van der Waals surface area contributed by atoms with Gasteiger partial charge in [0.1, 0.15) is 5.75 Å². The summed E-state index contributed by atoms with van der Waals surface area (Å²) in [6.45, 7) is 5.21. The molecule has 5 rings (SSSR count). The van der Waals surface area contributed by atoms with Gasteiger partial charge in [-0.2, -0.15) is 0 Å². The molecule has 0 unspecified atom stereocenters. The van der Waals surface area contributed by atoms with Gasteiger partial charge in [0.25, 0.3) is 0 Å². The highest BCUT2D eigenvalue weighted by atomic mass is 16.5. The van der Waals surface area contributed by atoms with Crippen LogP contribution in [0.2, 0.25) is 0 Å². The van der Waals surface area contributed by atoms with E-state index in [1.807, 2.05) is 73.2 Å². The van der Waals surface area contributed by atoms with Gasteiger partial charge in [0.2, 0.25) is 17.7 Å². The first-order valence-electron chi connectivity index (χ1n) is 14.5. The lowest BCUT2D eigenvalue weighted by molar-refractivity contribution is -0.138. The van der Waals surface area contributed by atoms with Crippen molar-refractivity contribution in [1.29, 1.82) is 0 Å². The van der Waals surface area contributed by atoms with Gasteiger partial charge in [0.15, 0.2) is 0 Å². The first-order valence-corrected chi connectivity index (χ1v) is 14.5. The average molecular weight is 547 g/mol. The number of primary amides is 1. The number of nitrogens with zero attached hydrogens (tertiary/aromatic N) is 3. The second kappa shape index (κ2) is 11.2. The number of likely N-dealkylation sites (tertiary alicyclic amines) is 1. The van der Waals surface area contributed by atoms with Gasteiger partial charge in [-0.1, -0.05) is 30.3 Å². The maximum atomic E-state index is 14.1. The summed E-state index contributed by atoms with van der Waals surface area (Å²) in [7, 11) is 3.65. The Morgan fingerprint density at radius 3 is 2.35 bits per heavy atom.